The third-order valence-corrected chi connectivity index (χ3v) is 3.84. The van der Waals surface area contributed by atoms with Crippen LogP contribution in [0.1, 0.15) is 6.42 Å². The highest BCUT2D eigenvalue weighted by molar-refractivity contribution is 5.83. The molecule has 1 saturated heterocycles. The van der Waals surface area contributed by atoms with E-state index in [1.165, 1.54) is 5.39 Å². The van der Waals surface area contributed by atoms with Crippen LogP contribution in [0.25, 0.3) is 10.8 Å². The zero-order valence-electron chi connectivity index (χ0n) is 13.1. The number of fused-ring (bicyclic) bond motifs is 1. The Morgan fingerprint density at radius 1 is 1.26 bits per heavy atom. The minimum absolute atomic E-state index is 0.0233. The Hall–Kier alpha value is -2.11. The van der Waals surface area contributed by atoms with Gasteiger partial charge in [-0.05, 0) is 22.9 Å². The monoisotopic (exact) mass is 314 g/mol. The molecule has 3 rings (SSSR count). The Bertz CT molecular complexity index is 654. The molecular weight excluding hydrogens is 292 g/mol. The van der Waals surface area contributed by atoms with E-state index in [0.29, 0.717) is 26.2 Å². The molecule has 5 heteroatoms. The van der Waals surface area contributed by atoms with Gasteiger partial charge in [-0.25, -0.2) is 0 Å². The largest absolute Gasteiger partial charge is 0.492 e. The highest BCUT2D eigenvalue weighted by Gasteiger charge is 2.16. The number of benzene rings is 2. The van der Waals surface area contributed by atoms with E-state index in [2.05, 4.69) is 22.8 Å². The SMILES string of the molecule is O=C(CC1COCCN1)NCCOc1ccc2ccccc2c1. The number of carbonyl (C=O) groups is 1. The molecule has 23 heavy (non-hydrogen) atoms. The van der Waals surface area contributed by atoms with E-state index in [0.717, 1.165) is 24.3 Å². The molecule has 0 spiro atoms. The molecule has 0 aromatic heterocycles. The number of hydrogen-bond donors (Lipinski definition) is 2. The van der Waals surface area contributed by atoms with E-state index in [1.54, 1.807) is 0 Å². The number of hydrogen-bond acceptors (Lipinski definition) is 4. The molecule has 1 heterocycles. The van der Waals surface area contributed by atoms with Gasteiger partial charge in [-0.1, -0.05) is 30.3 Å². The van der Waals surface area contributed by atoms with Crippen LogP contribution in [0.3, 0.4) is 0 Å². The third-order valence-electron chi connectivity index (χ3n) is 3.84. The lowest BCUT2D eigenvalue weighted by atomic mass is 10.1. The molecule has 0 aliphatic carbocycles. The van der Waals surface area contributed by atoms with E-state index in [9.17, 15) is 4.79 Å². The molecule has 2 aromatic carbocycles. The maximum atomic E-state index is 11.8. The summed E-state index contributed by atoms with van der Waals surface area (Å²) in [5.74, 6) is 0.843. The molecule has 1 aliphatic rings. The van der Waals surface area contributed by atoms with Crippen LogP contribution < -0.4 is 15.4 Å². The van der Waals surface area contributed by atoms with Gasteiger partial charge in [-0.3, -0.25) is 4.79 Å². The second-order valence-corrected chi connectivity index (χ2v) is 5.64. The number of carbonyl (C=O) groups excluding carboxylic acids is 1. The van der Waals surface area contributed by atoms with Gasteiger partial charge in [0.2, 0.25) is 5.91 Å². The van der Waals surface area contributed by atoms with Crippen molar-refractivity contribution >= 4 is 16.7 Å². The van der Waals surface area contributed by atoms with E-state index >= 15 is 0 Å². The molecule has 1 unspecified atom stereocenters. The first kappa shape index (κ1) is 15.8. The number of nitrogens with one attached hydrogen (secondary N) is 2. The van der Waals surface area contributed by atoms with Crippen LogP contribution in [0.15, 0.2) is 42.5 Å². The van der Waals surface area contributed by atoms with E-state index in [1.807, 2.05) is 30.3 Å². The number of rotatable bonds is 6. The standard InChI is InChI=1S/C18H22N2O3/c21-18(12-16-13-22-9-7-19-16)20-8-10-23-17-6-5-14-3-1-2-4-15(14)11-17/h1-6,11,16,19H,7-10,12-13H2,(H,20,21). The van der Waals surface area contributed by atoms with Crippen molar-refractivity contribution in [1.29, 1.82) is 0 Å². The van der Waals surface area contributed by atoms with Gasteiger partial charge < -0.3 is 20.1 Å². The summed E-state index contributed by atoms with van der Waals surface area (Å²) in [5.41, 5.74) is 0. The predicted molar refractivity (Wildman–Crippen MR) is 89.7 cm³/mol. The number of amides is 1. The first-order valence-electron chi connectivity index (χ1n) is 8.01. The fourth-order valence-corrected chi connectivity index (χ4v) is 2.66. The summed E-state index contributed by atoms with van der Waals surface area (Å²) in [6.45, 7) is 3.08. The lowest BCUT2D eigenvalue weighted by Crippen LogP contribution is -2.44. The lowest BCUT2D eigenvalue weighted by Gasteiger charge is -2.23. The van der Waals surface area contributed by atoms with Gasteiger partial charge in [-0.15, -0.1) is 0 Å². The minimum atomic E-state index is 0.0233. The summed E-state index contributed by atoms with van der Waals surface area (Å²) in [6, 6.07) is 14.3. The summed E-state index contributed by atoms with van der Waals surface area (Å²) >= 11 is 0. The summed E-state index contributed by atoms with van der Waals surface area (Å²) < 4.78 is 11.0. The van der Waals surface area contributed by atoms with Crippen LogP contribution in [-0.4, -0.2) is 44.9 Å². The molecule has 1 fully saturated rings. The van der Waals surface area contributed by atoms with Crippen molar-refractivity contribution in [2.45, 2.75) is 12.5 Å². The molecule has 1 atom stereocenters. The zero-order valence-corrected chi connectivity index (χ0v) is 13.1. The van der Waals surface area contributed by atoms with Crippen LogP contribution in [0.5, 0.6) is 5.75 Å². The number of ether oxygens (including phenoxy) is 2. The minimum Gasteiger partial charge on any atom is -0.492 e. The Morgan fingerprint density at radius 2 is 2.13 bits per heavy atom. The van der Waals surface area contributed by atoms with Crippen LogP contribution in [0, 0.1) is 0 Å². The molecular formula is C18H22N2O3. The highest BCUT2D eigenvalue weighted by atomic mass is 16.5. The van der Waals surface area contributed by atoms with Crippen molar-refractivity contribution in [3.05, 3.63) is 42.5 Å². The Labute approximate surface area is 136 Å². The molecule has 5 nitrogen and oxygen atoms in total. The van der Waals surface area contributed by atoms with Crippen LogP contribution in [0.4, 0.5) is 0 Å². The van der Waals surface area contributed by atoms with Gasteiger partial charge in [0.1, 0.15) is 12.4 Å². The van der Waals surface area contributed by atoms with E-state index < -0.39 is 0 Å². The normalized spacial score (nSPS) is 17.8. The van der Waals surface area contributed by atoms with Crippen molar-refractivity contribution in [3.8, 4) is 5.75 Å². The van der Waals surface area contributed by atoms with Gasteiger partial charge in [0.25, 0.3) is 0 Å². The van der Waals surface area contributed by atoms with E-state index in [4.69, 9.17) is 9.47 Å². The van der Waals surface area contributed by atoms with Gasteiger partial charge in [0, 0.05) is 19.0 Å². The fraction of sp³-hybridized carbons (Fsp3) is 0.389. The Balaban J connectivity index is 1.39. The van der Waals surface area contributed by atoms with Gasteiger partial charge in [0.05, 0.1) is 19.8 Å². The maximum absolute atomic E-state index is 11.8. The average molecular weight is 314 g/mol. The van der Waals surface area contributed by atoms with Crippen molar-refractivity contribution in [3.63, 3.8) is 0 Å². The first-order chi connectivity index (χ1) is 11.3. The van der Waals surface area contributed by atoms with Crippen molar-refractivity contribution in [2.24, 2.45) is 0 Å². The fourth-order valence-electron chi connectivity index (χ4n) is 2.66. The quantitative estimate of drug-likeness (QED) is 0.797. The summed E-state index contributed by atoms with van der Waals surface area (Å²) in [4.78, 5) is 11.8. The Kier molecular flexibility index (Phi) is 5.45. The van der Waals surface area contributed by atoms with Gasteiger partial charge >= 0.3 is 0 Å². The molecule has 0 bridgehead atoms. The Morgan fingerprint density at radius 3 is 2.96 bits per heavy atom. The van der Waals surface area contributed by atoms with Crippen LogP contribution in [0.2, 0.25) is 0 Å². The molecule has 122 valence electrons. The topological polar surface area (TPSA) is 59.6 Å². The maximum Gasteiger partial charge on any atom is 0.221 e. The van der Waals surface area contributed by atoms with Crippen molar-refractivity contribution in [1.82, 2.24) is 10.6 Å². The molecule has 1 aliphatic heterocycles. The third kappa shape index (κ3) is 4.68. The lowest BCUT2D eigenvalue weighted by molar-refractivity contribution is -0.122. The summed E-state index contributed by atoms with van der Waals surface area (Å²) in [5, 5.41) is 8.48. The van der Waals surface area contributed by atoms with E-state index in [-0.39, 0.29) is 11.9 Å². The zero-order chi connectivity index (χ0) is 15.9. The molecule has 2 aromatic rings. The first-order valence-corrected chi connectivity index (χ1v) is 8.01. The van der Waals surface area contributed by atoms with Crippen molar-refractivity contribution < 1.29 is 14.3 Å². The molecule has 2 N–H and O–H groups in total. The van der Waals surface area contributed by atoms with Crippen molar-refractivity contribution in [2.75, 3.05) is 32.9 Å². The molecule has 0 radical (unpaired) electrons. The summed E-state index contributed by atoms with van der Waals surface area (Å²) in [6.07, 6.45) is 0.440. The van der Waals surface area contributed by atoms with Crippen LogP contribution in [-0.2, 0) is 9.53 Å². The second-order valence-electron chi connectivity index (χ2n) is 5.64. The molecule has 0 saturated carbocycles. The smallest absolute Gasteiger partial charge is 0.221 e. The van der Waals surface area contributed by atoms with Crippen LogP contribution >= 0.6 is 0 Å². The molecule has 1 amide bonds. The predicted octanol–water partition coefficient (Wildman–Crippen LogP) is 1.71. The van der Waals surface area contributed by atoms with Gasteiger partial charge in [0.15, 0.2) is 0 Å². The highest BCUT2D eigenvalue weighted by Crippen LogP contribution is 2.20. The second kappa shape index (κ2) is 7.94. The summed E-state index contributed by atoms with van der Waals surface area (Å²) in [7, 11) is 0. The average Bonchev–Trinajstić information content (AvgIpc) is 2.59. The number of morpholine rings is 1. The van der Waals surface area contributed by atoms with Gasteiger partial charge in [-0.2, -0.15) is 0 Å².